The molecular formula is C19H21NO4S. The minimum atomic E-state index is -3.57. The number of hydrogen-bond donors (Lipinski definition) is 0. The van der Waals surface area contributed by atoms with Gasteiger partial charge in [0.25, 0.3) is 0 Å². The van der Waals surface area contributed by atoms with Crippen molar-refractivity contribution in [2.24, 2.45) is 0 Å². The molecule has 0 amide bonds. The SMILES string of the molecule is COCC1(c2ccccc2)CN(S(=O)(=O)c2cccc3c2OCC3)C1. The van der Waals surface area contributed by atoms with Gasteiger partial charge in [0.15, 0.2) is 0 Å². The normalized spacial score (nSPS) is 19.1. The van der Waals surface area contributed by atoms with Crippen LogP contribution in [-0.2, 0) is 26.6 Å². The number of benzene rings is 2. The fraction of sp³-hybridized carbons (Fsp3) is 0.368. The number of fused-ring (bicyclic) bond motifs is 1. The Bertz CT molecular complexity index is 874. The molecule has 0 unspecified atom stereocenters. The number of para-hydroxylation sites is 1. The van der Waals surface area contributed by atoms with E-state index in [1.807, 2.05) is 36.4 Å². The highest BCUT2D eigenvalue weighted by Gasteiger charge is 2.50. The second-order valence-corrected chi connectivity index (χ2v) is 8.60. The maximum Gasteiger partial charge on any atom is 0.246 e. The molecule has 6 heteroatoms. The Morgan fingerprint density at radius 2 is 1.88 bits per heavy atom. The van der Waals surface area contributed by atoms with Gasteiger partial charge in [-0.2, -0.15) is 4.31 Å². The van der Waals surface area contributed by atoms with Gasteiger partial charge < -0.3 is 9.47 Å². The minimum Gasteiger partial charge on any atom is -0.492 e. The Labute approximate surface area is 148 Å². The summed E-state index contributed by atoms with van der Waals surface area (Å²) in [6, 6.07) is 15.3. The molecule has 2 aromatic carbocycles. The number of methoxy groups -OCH3 is 1. The molecular weight excluding hydrogens is 338 g/mol. The first kappa shape index (κ1) is 16.6. The number of hydrogen-bond acceptors (Lipinski definition) is 4. The predicted octanol–water partition coefficient (Wildman–Crippen LogP) is 2.21. The van der Waals surface area contributed by atoms with E-state index in [2.05, 4.69) is 0 Å². The average Bonchev–Trinajstić information content (AvgIpc) is 3.06. The Kier molecular flexibility index (Phi) is 4.06. The number of sulfonamides is 1. The Hall–Kier alpha value is -1.89. The van der Waals surface area contributed by atoms with Crippen LogP contribution in [0.5, 0.6) is 5.75 Å². The summed E-state index contributed by atoms with van der Waals surface area (Å²) in [7, 11) is -1.92. The van der Waals surface area contributed by atoms with Crippen molar-refractivity contribution in [2.75, 3.05) is 33.4 Å². The summed E-state index contributed by atoms with van der Waals surface area (Å²) in [5.41, 5.74) is 1.78. The monoisotopic (exact) mass is 359 g/mol. The topological polar surface area (TPSA) is 55.8 Å². The van der Waals surface area contributed by atoms with E-state index in [1.54, 1.807) is 19.2 Å². The highest BCUT2D eigenvalue weighted by atomic mass is 32.2. The van der Waals surface area contributed by atoms with Crippen molar-refractivity contribution in [3.8, 4) is 5.75 Å². The van der Waals surface area contributed by atoms with Crippen LogP contribution in [0.25, 0.3) is 0 Å². The molecule has 0 bridgehead atoms. The fourth-order valence-electron chi connectivity index (χ4n) is 3.75. The van der Waals surface area contributed by atoms with Crippen molar-refractivity contribution in [3.63, 3.8) is 0 Å². The Balaban J connectivity index is 1.63. The maximum absolute atomic E-state index is 13.1. The molecule has 0 saturated carbocycles. The summed E-state index contributed by atoms with van der Waals surface area (Å²) in [6.07, 6.45) is 0.760. The number of ether oxygens (including phenoxy) is 2. The van der Waals surface area contributed by atoms with Crippen LogP contribution in [-0.4, -0.2) is 46.1 Å². The van der Waals surface area contributed by atoms with Crippen molar-refractivity contribution in [1.82, 2.24) is 4.31 Å². The van der Waals surface area contributed by atoms with E-state index in [4.69, 9.17) is 9.47 Å². The van der Waals surface area contributed by atoms with E-state index < -0.39 is 10.0 Å². The third kappa shape index (κ3) is 2.65. The molecule has 1 fully saturated rings. The van der Waals surface area contributed by atoms with Gasteiger partial charge in [-0.25, -0.2) is 8.42 Å². The Morgan fingerprint density at radius 1 is 1.12 bits per heavy atom. The lowest BCUT2D eigenvalue weighted by Crippen LogP contribution is -2.63. The summed E-state index contributed by atoms with van der Waals surface area (Å²) in [6.45, 7) is 1.86. The predicted molar refractivity (Wildman–Crippen MR) is 94.4 cm³/mol. The van der Waals surface area contributed by atoms with Crippen LogP contribution < -0.4 is 4.74 Å². The second-order valence-electron chi connectivity index (χ2n) is 6.70. The molecule has 0 atom stereocenters. The largest absolute Gasteiger partial charge is 0.492 e. The third-order valence-corrected chi connectivity index (χ3v) is 6.88. The summed E-state index contributed by atoms with van der Waals surface area (Å²) in [5.74, 6) is 0.520. The molecule has 25 heavy (non-hydrogen) atoms. The summed E-state index contributed by atoms with van der Waals surface area (Å²) >= 11 is 0. The van der Waals surface area contributed by atoms with Crippen LogP contribution in [0.1, 0.15) is 11.1 Å². The van der Waals surface area contributed by atoms with E-state index in [9.17, 15) is 8.42 Å². The summed E-state index contributed by atoms with van der Waals surface area (Å²) in [4.78, 5) is 0.279. The molecule has 0 aliphatic carbocycles. The molecule has 2 aliphatic heterocycles. The zero-order valence-corrected chi connectivity index (χ0v) is 15.0. The van der Waals surface area contributed by atoms with Crippen LogP contribution in [0.4, 0.5) is 0 Å². The zero-order chi connectivity index (χ0) is 17.5. The van der Waals surface area contributed by atoms with Crippen LogP contribution in [0.2, 0.25) is 0 Å². The quantitative estimate of drug-likeness (QED) is 0.821. The molecule has 5 nitrogen and oxygen atoms in total. The van der Waals surface area contributed by atoms with Gasteiger partial charge >= 0.3 is 0 Å². The minimum absolute atomic E-state index is 0.279. The molecule has 132 valence electrons. The van der Waals surface area contributed by atoms with Crippen molar-refractivity contribution in [2.45, 2.75) is 16.7 Å². The van der Waals surface area contributed by atoms with Gasteiger partial charge in [0, 0.05) is 32.0 Å². The van der Waals surface area contributed by atoms with Gasteiger partial charge in [0.1, 0.15) is 10.6 Å². The lowest BCUT2D eigenvalue weighted by atomic mass is 9.76. The molecule has 0 aromatic heterocycles. The van der Waals surface area contributed by atoms with Crippen LogP contribution in [0.15, 0.2) is 53.4 Å². The van der Waals surface area contributed by atoms with E-state index in [-0.39, 0.29) is 10.3 Å². The van der Waals surface area contributed by atoms with Gasteiger partial charge in [0.05, 0.1) is 13.2 Å². The molecule has 0 radical (unpaired) electrons. The van der Waals surface area contributed by atoms with Crippen LogP contribution in [0.3, 0.4) is 0 Å². The average molecular weight is 359 g/mol. The van der Waals surface area contributed by atoms with Gasteiger partial charge in [-0.1, -0.05) is 42.5 Å². The zero-order valence-electron chi connectivity index (χ0n) is 14.1. The highest BCUT2D eigenvalue weighted by molar-refractivity contribution is 7.89. The van der Waals surface area contributed by atoms with Crippen molar-refractivity contribution >= 4 is 10.0 Å². The van der Waals surface area contributed by atoms with Crippen molar-refractivity contribution in [1.29, 1.82) is 0 Å². The standard InChI is InChI=1S/C19H21NO4S/c1-23-14-19(16-7-3-2-4-8-16)12-20(13-19)25(21,22)17-9-5-6-15-10-11-24-18(15)17/h2-9H,10-14H2,1H3. The van der Waals surface area contributed by atoms with Crippen LogP contribution >= 0.6 is 0 Å². The summed E-state index contributed by atoms with van der Waals surface area (Å²) in [5, 5.41) is 0. The highest BCUT2D eigenvalue weighted by Crippen LogP contribution is 2.41. The third-order valence-electron chi connectivity index (χ3n) is 5.06. The lowest BCUT2D eigenvalue weighted by Gasteiger charge is -2.49. The molecule has 4 rings (SSSR count). The maximum atomic E-state index is 13.1. The van der Waals surface area contributed by atoms with E-state index in [0.29, 0.717) is 32.1 Å². The van der Waals surface area contributed by atoms with Gasteiger partial charge in [-0.15, -0.1) is 0 Å². The first-order valence-electron chi connectivity index (χ1n) is 8.36. The second kappa shape index (κ2) is 6.12. The van der Waals surface area contributed by atoms with E-state index in [0.717, 1.165) is 17.5 Å². The van der Waals surface area contributed by atoms with Gasteiger partial charge in [-0.05, 0) is 17.2 Å². The molecule has 1 saturated heterocycles. The van der Waals surface area contributed by atoms with E-state index in [1.165, 1.54) is 4.31 Å². The van der Waals surface area contributed by atoms with Gasteiger partial charge in [-0.3, -0.25) is 0 Å². The number of nitrogens with zero attached hydrogens (tertiary/aromatic N) is 1. The number of rotatable bonds is 5. The molecule has 0 spiro atoms. The smallest absolute Gasteiger partial charge is 0.246 e. The fourth-order valence-corrected chi connectivity index (χ4v) is 5.54. The first-order chi connectivity index (χ1) is 12.1. The summed E-state index contributed by atoms with van der Waals surface area (Å²) < 4.78 is 38.7. The Morgan fingerprint density at radius 3 is 2.60 bits per heavy atom. The molecule has 2 aromatic rings. The molecule has 2 aliphatic rings. The van der Waals surface area contributed by atoms with Crippen molar-refractivity contribution in [3.05, 3.63) is 59.7 Å². The molecule has 0 N–H and O–H groups in total. The molecule has 2 heterocycles. The van der Waals surface area contributed by atoms with Crippen LogP contribution in [0, 0.1) is 0 Å². The lowest BCUT2D eigenvalue weighted by molar-refractivity contribution is 0.0492. The first-order valence-corrected chi connectivity index (χ1v) is 9.80. The van der Waals surface area contributed by atoms with E-state index >= 15 is 0 Å². The van der Waals surface area contributed by atoms with Crippen molar-refractivity contribution < 1.29 is 17.9 Å². The van der Waals surface area contributed by atoms with Gasteiger partial charge in [0.2, 0.25) is 10.0 Å².